The lowest BCUT2D eigenvalue weighted by Crippen LogP contribution is -2.07. The van der Waals surface area contributed by atoms with E-state index in [-0.39, 0.29) is 6.10 Å². The van der Waals surface area contributed by atoms with E-state index in [0.29, 0.717) is 0 Å². The van der Waals surface area contributed by atoms with Gasteiger partial charge in [-0.2, -0.15) is 0 Å². The topological polar surface area (TPSA) is 25.2 Å². The van der Waals surface area contributed by atoms with E-state index < -0.39 is 0 Å². The SMILES string of the molecule is CC(O)Cc1ccc2ccn(CC3CCCC3)c2c1. The average Bonchev–Trinajstić information content (AvgIpc) is 3.00. The van der Waals surface area contributed by atoms with Crippen LogP contribution in [0.25, 0.3) is 10.9 Å². The highest BCUT2D eigenvalue weighted by Gasteiger charge is 2.16. The van der Waals surface area contributed by atoms with E-state index in [1.165, 1.54) is 42.1 Å². The molecule has 1 aromatic carbocycles. The number of aliphatic hydroxyl groups is 1. The third-order valence-electron chi connectivity index (χ3n) is 4.30. The summed E-state index contributed by atoms with van der Waals surface area (Å²) in [5.41, 5.74) is 2.55. The van der Waals surface area contributed by atoms with Gasteiger partial charge in [0, 0.05) is 18.3 Å². The molecule has 0 amide bonds. The summed E-state index contributed by atoms with van der Waals surface area (Å²) >= 11 is 0. The number of aliphatic hydroxyl groups excluding tert-OH is 1. The normalized spacial score (nSPS) is 18.2. The molecule has 2 heteroatoms. The van der Waals surface area contributed by atoms with Crippen molar-refractivity contribution in [1.29, 1.82) is 0 Å². The fourth-order valence-corrected chi connectivity index (χ4v) is 3.33. The maximum absolute atomic E-state index is 9.52. The van der Waals surface area contributed by atoms with Gasteiger partial charge in [-0.25, -0.2) is 0 Å². The van der Waals surface area contributed by atoms with E-state index in [2.05, 4.69) is 35.0 Å². The summed E-state index contributed by atoms with van der Waals surface area (Å²) in [4.78, 5) is 0. The van der Waals surface area contributed by atoms with Crippen molar-refractivity contribution in [3.63, 3.8) is 0 Å². The van der Waals surface area contributed by atoms with Gasteiger partial charge < -0.3 is 9.67 Å². The first-order valence-corrected chi connectivity index (χ1v) is 7.48. The van der Waals surface area contributed by atoms with Gasteiger partial charge in [0.25, 0.3) is 0 Å². The molecule has 0 bridgehead atoms. The van der Waals surface area contributed by atoms with Crippen LogP contribution >= 0.6 is 0 Å². The lowest BCUT2D eigenvalue weighted by Gasteiger charge is -2.12. The zero-order chi connectivity index (χ0) is 13.2. The summed E-state index contributed by atoms with van der Waals surface area (Å²) in [6.07, 6.45) is 8.25. The molecule has 0 spiro atoms. The molecule has 0 aliphatic heterocycles. The fraction of sp³-hybridized carbons (Fsp3) is 0.529. The van der Waals surface area contributed by atoms with Gasteiger partial charge in [-0.15, -0.1) is 0 Å². The number of benzene rings is 1. The van der Waals surface area contributed by atoms with Gasteiger partial charge in [-0.3, -0.25) is 0 Å². The van der Waals surface area contributed by atoms with Crippen molar-refractivity contribution in [2.45, 2.75) is 51.7 Å². The molecule has 19 heavy (non-hydrogen) atoms. The summed E-state index contributed by atoms with van der Waals surface area (Å²) < 4.78 is 2.40. The first kappa shape index (κ1) is 12.7. The lowest BCUT2D eigenvalue weighted by molar-refractivity contribution is 0.195. The van der Waals surface area contributed by atoms with Gasteiger partial charge in [-0.05, 0) is 55.2 Å². The Bertz CT molecular complexity index is 549. The molecular formula is C17H23NO. The number of aromatic nitrogens is 1. The number of fused-ring (bicyclic) bond motifs is 1. The van der Waals surface area contributed by atoms with Crippen LogP contribution in [0.15, 0.2) is 30.5 Å². The van der Waals surface area contributed by atoms with Crippen LogP contribution in [0.2, 0.25) is 0 Å². The molecule has 1 atom stereocenters. The van der Waals surface area contributed by atoms with Gasteiger partial charge in [0.2, 0.25) is 0 Å². The van der Waals surface area contributed by atoms with Crippen molar-refractivity contribution in [2.24, 2.45) is 5.92 Å². The third kappa shape index (κ3) is 2.84. The van der Waals surface area contributed by atoms with E-state index in [1.54, 1.807) is 0 Å². The standard InChI is InChI=1S/C17H23NO/c1-13(19)10-15-6-7-16-8-9-18(17(16)11-15)12-14-4-2-3-5-14/h6-9,11,13-14,19H,2-5,10,12H2,1H3. The largest absolute Gasteiger partial charge is 0.393 e. The molecule has 1 unspecified atom stereocenters. The highest BCUT2D eigenvalue weighted by atomic mass is 16.3. The van der Waals surface area contributed by atoms with Crippen molar-refractivity contribution in [3.8, 4) is 0 Å². The summed E-state index contributed by atoms with van der Waals surface area (Å²) in [5.74, 6) is 0.857. The second-order valence-electron chi connectivity index (χ2n) is 6.06. The van der Waals surface area contributed by atoms with Gasteiger partial charge in [0.15, 0.2) is 0 Å². The molecule has 1 fully saturated rings. The second kappa shape index (κ2) is 5.38. The predicted molar refractivity (Wildman–Crippen MR) is 79.3 cm³/mol. The van der Waals surface area contributed by atoms with Crippen LogP contribution in [0.4, 0.5) is 0 Å². The molecule has 0 saturated heterocycles. The minimum absolute atomic E-state index is 0.268. The third-order valence-corrected chi connectivity index (χ3v) is 4.30. The Kier molecular flexibility index (Phi) is 3.61. The lowest BCUT2D eigenvalue weighted by atomic mass is 10.1. The molecule has 1 aliphatic rings. The molecular weight excluding hydrogens is 234 g/mol. The number of rotatable bonds is 4. The van der Waals surface area contributed by atoms with Gasteiger partial charge in [0.1, 0.15) is 0 Å². The van der Waals surface area contributed by atoms with E-state index in [0.717, 1.165) is 18.9 Å². The summed E-state index contributed by atoms with van der Waals surface area (Å²) in [6.45, 7) is 3.00. The minimum Gasteiger partial charge on any atom is -0.393 e. The Morgan fingerprint density at radius 2 is 2.05 bits per heavy atom. The Morgan fingerprint density at radius 1 is 1.26 bits per heavy atom. The van der Waals surface area contributed by atoms with Crippen molar-refractivity contribution in [3.05, 3.63) is 36.0 Å². The monoisotopic (exact) mass is 257 g/mol. The molecule has 1 N–H and O–H groups in total. The zero-order valence-electron chi connectivity index (χ0n) is 11.7. The maximum atomic E-state index is 9.52. The molecule has 1 heterocycles. The fourth-order valence-electron chi connectivity index (χ4n) is 3.33. The highest BCUT2D eigenvalue weighted by Crippen LogP contribution is 2.28. The van der Waals surface area contributed by atoms with Crippen LogP contribution in [-0.4, -0.2) is 15.8 Å². The highest BCUT2D eigenvalue weighted by molar-refractivity contribution is 5.80. The van der Waals surface area contributed by atoms with Crippen LogP contribution in [0, 0.1) is 5.92 Å². The number of hydrogen-bond acceptors (Lipinski definition) is 1. The first-order valence-electron chi connectivity index (χ1n) is 7.48. The summed E-state index contributed by atoms with van der Waals surface area (Å²) in [7, 11) is 0. The molecule has 1 aromatic heterocycles. The van der Waals surface area contributed by atoms with Crippen LogP contribution in [-0.2, 0) is 13.0 Å². The smallest absolute Gasteiger partial charge is 0.0552 e. The van der Waals surface area contributed by atoms with E-state index in [9.17, 15) is 5.11 Å². The van der Waals surface area contributed by atoms with Crippen molar-refractivity contribution >= 4 is 10.9 Å². The molecule has 1 saturated carbocycles. The Hall–Kier alpha value is -1.28. The van der Waals surface area contributed by atoms with Crippen molar-refractivity contribution in [1.82, 2.24) is 4.57 Å². The van der Waals surface area contributed by atoms with E-state index >= 15 is 0 Å². The number of nitrogens with zero attached hydrogens (tertiary/aromatic N) is 1. The van der Waals surface area contributed by atoms with E-state index in [1.807, 2.05) is 6.92 Å². The second-order valence-corrected chi connectivity index (χ2v) is 6.06. The van der Waals surface area contributed by atoms with Crippen molar-refractivity contribution in [2.75, 3.05) is 0 Å². The Labute approximate surface area is 115 Å². The first-order chi connectivity index (χ1) is 9.22. The average molecular weight is 257 g/mol. The van der Waals surface area contributed by atoms with Gasteiger partial charge in [0.05, 0.1) is 6.10 Å². The molecule has 0 radical (unpaired) electrons. The quantitative estimate of drug-likeness (QED) is 0.886. The molecule has 2 nitrogen and oxygen atoms in total. The maximum Gasteiger partial charge on any atom is 0.0552 e. The zero-order valence-corrected chi connectivity index (χ0v) is 11.7. The van der Waals surface area contributed by atoms with Gasteiger partial charge >= 0.3 is 0 Å². The Balaban J connectivity index is 1.86. The van der Waals surface area contributed by atoms with E-state index in [4.69, 9.17) is 0 Å². The summed E-state index contributed by atoms with van der Waals surface area (Å²) in [6, 6.07) is 8.76. The van der Waals surface area contributed by atoms with Crippen LogP contribution < -0.4 is 0 Å². The van der Waals surface area contributed by atoms with Crippen LogP contribution in [0.3, 0.4) is 0 Å². The van der Waals surface area contributed by atoms with Crippen LogP contribution in [0.5, 0.6) is 0 Å². The Morgan fingerprint density at radius 3 is 2.79 bits per heavy atom. The summed E-state index contributed by atoms with van der Waals surface area (Å²) in [5, 5.41) is 10.8. The molecule has 102 valence electrons. The molecule has 1 aliphatic carbocycles. The molecule has 2 aromatic rings. The number of hydrogen-bond donors (Lipinski definition) is 1. The minimum atomic E-state index is -0.268. The van der Waals surface area contributed by atoms with Crippen LogP contribution in [0.1, 0.15) is 38.2 Å². The van der Waals surface area contributed by atoms with Gasteiger partial charge in [-0.1, -0.05) is 25.0 Å². The molecule has 3 rings (SSSR count). The predicted octanol–water partition coefficient (Wildman–Crippen LogP) is 3.75. The van der Waals surface area contributed by atoms with Crippen molar-refractivity contribution < 1.29 is 5.11 Å².